The number of halogens is 4. The summed E-state index contributed by atoms with van der Waals surface area (Å²) in [5.74, 6) is 0. The molecule has 0 aliphatic carbocycles. The molecule has 5 heteroatoms. The van der Waals surface area contributed by atoms with Crippen LogP contribution < -0.4 is 5.73 Å². The van der Waals surface area contributed by atoms with Crippen LogP contribution in [0.15, 0.2) is 28.7 Å². The summed E-state index contributed by atoms with van der Waals surface area (Å²) < 4.78 is 37.7. The van der Waals surface area contributed by atoms with E-state index in [1.165, 1.54) is 6.07 Å². The highest BCUT2D eigenvalue weighted by Gasteiger charge is 2.32. The molecule has 0 bridgehead atoms. The van der Waals surface area contributed by atoms with Gasteiger partial charge in [0.1, 0.15) is 0 Å². The summed E-state index contributed by atoms with van der Waals surface area (Å²) in [5, 5.41) is 0. The zero-order chi connectivity index (χ0) is 12.2. The molecule has 0 aromatic heterocycles. The molecule has 1 aromatic carbocycles. The molecular weight excluding hydrogens is 283 g/mol. The van der Waals surface area contributed by atoms with Gasteiger partial charge < -0.3 is 5.73 Å². The van der Waals surface area contributed by atoms with Crippen LogP contribution >= 0.6 is 15.9 Å². The van der Waals surface area contributed by atoms with Crippen molar-refractivity contribution in [3.8, 4) is 0 Å². The summed E-state index contributed by atoms with van der Waals surface area (Å²) in [5.41, 5.74) is 5.13. The van der Waals surface area contributed by atoms with E-state index in [0.29, 0.717) is 18.5 Å². The predicted molar refractivity (Wildman–Crippen MR) is 61.8 cm³/mol. The topological polar surface area (TPSA) is 26.0 Å². The molecule has 0 radical (unpaired) electrons. The Morgan fingerprint density at radius 3 is 2.56 bits per heavy atom. The smallest absolute Gasteiger partial charge is 0.330 e. The van der Waals surface area contributed by atoms with Gasteiger partial charge >= 0.3 is 6.18 Å². The first kappa shape index (κ1) is 13.3. The Balaban J connectivity index is 2.99. The maximum absolute atomic E-state index is 12.5. The number of benzene rings is 1. The van der Waals surface area contributed by atoms with Crippen LogP contribution in [0.5, 0.6) is 0 Å². The Morgan fingerprint density at radius 1 is 1.31 bits per heavy atom. The molecule has 1 aromatic rings. The average molecular weight is 294 g/mol. The molecule has 88 valence electrons. The number of rotatable bonds is 3. The van der Waals surface area contributed by atoms with Gasteiger partial charge in [-0.3, -0.25) is 0 Å². The Morgan fingerprint density at radius 2 is 2.00 bits per heavy atom. The molecule has 0 saturated carbocycles. The lowest BCUT2D eigenvalue weighted by atomic mass is 10.1. The summed E-state index contributed by atoms with van der Waals surface area (Å²) in [4.78, 5) is 0. The minimum Gasteiger partial charge on any atom is -0.330 e. The highest BCUT2D eigenvalue weighted by molar-refractivity contribution is 9.10. The minimum absolute atomic E-state index is 0.0518. The van der Waals surface area contributed by atoms with E-state index in [2.05, 4.69) is 15.9 Å². The van der Waals surface area contributed by atoms with Crippen LogP contribution in [0.1, 0.15) is 17.5 Å². The van der Waals surface area contributed by atoms with Crippen molar-refractivity contribution in [2.75, 3.05) is 6.54 Å². The fourth-order valence-electron chi connectivity index (χ4n) is 1.18. The molecular formula is C11H11BrF3N. The third-order valence-corrected chi connectivity index (χ3v) is 2.63. The van der Waals surface area contributed by atoms with Gasteiger partial charge in [0.25, 0.3) is 0 Å². The first-order valence-electron chi connectivity index (χ1n) is 4.68. The van der Waals surface area contributed by atoms with Crippen molar-refractivity contribution < 1.29 is 13.2 Å². The van der Waals surface area contributed by atoms with Crippen molar-refractivity contribution >= 4 is 22.0 Å². The third kappa shape index (κ3) is 3.64. The molecule has 0 aliphatic heterocycles. The number of hydrogen-bond acceptors (Lipinski definition) is 1. The third-order valence-electron chi connectivity index (χ3n) is 1.94. The van der Waals surface area contributed by atoms with Crippen LogP contribution in [0.2, 0.25) is 0 Å². The fourth-order valence-corrected chi connectivity index (χ4v) is 1.65. The van der Waals surface area contributed by atoms with E-state index in [9.17, 15) is 13.2 Å². The molecule has 0 amide bonds. The number of alkyl halides is 3. The van der Waals surface area contributed by atoms with Gasteiger partial charge in [-0.1, -0.05) is 34.1 Å². The van der Waals surface area contributed by atoms with Crippen LogP contribution in [0.3, 0.4) is 0 Å². The van der Waals surface area contributed by atoms with Gasteiger partial charge in [0, 0.05) is 4.47 Å². The van der Waals surface area contributed by atoms with Crippen LogP contribution in [-0.4, -0.2) is 6.54 Å². The van der Waals surface area contributed by atoms with E-state index < -0.39 is 11.7 Å². The molecule has 0 saturated heterocycles. The van der Waals surface area contributed by atoms with E-state index in [1.807, 2.05) is 0 Å². The van der Waals surface area contributed by atoms with E-state index >= 15 is 0 Å². The van der Waals surface area contributed by atoms with Crippen LogP contribution in [0.4, 0.5) is 13.2 Å². The molecule has 0 fully saturated rings. The number of hydrogen-bond donors (Lipinski definition) is 1. The Bertz CT molecular complexity index is 385. The fraction of sp³-hybridized carbons (Fsp3) is 0.273. The van der Waals surface area contributed by atoms with E-state index in [1.54, 1.807) is 18.2 Å². The maximum atomic E-state index is 12.5. The maximum Gasteiger partial charge on any atom is 0.417 e. The lowest BCUT2D eigenvalue weighted by Gasteiger charge is -2.09. The van der Waals surface area contributed by atoms with Gasteiger partial charge in [-0.25, -0.2) is 0 Å². The van der Waals surface area contributed by atoms with Crippen LogP contribution in [-0.2, 0) is 6.18 Å². The molecule has 16 heavy (non-hydrogen) atoms. The van der Waals surface area contributed by atoms with Gasteiger partial charge in [0.05, 0.1) is 5.56 Å². The minimum atomic E-state index is -4.34. The summed E-state index contributed by atoms with van der Waals surface area (Å²) in [6.07, 6.45) is -0.300. The van der Waals surface area contributed by atoms with Crippen LogP contribution in [0.25, 0.3) is 6.08 Å². The standard InChI is InChI=1S/C11H11BrF3N/c12-10-5-4-8(3-1-2-6-16)7-9(10)11(13,14)15/h1,3-5,7H,2,6,16H2. The molecule has 0 unspecified atom stereocenters. The number of nitrogens with two attached hydrogens (primary N) is 1. The SMILES string of the molecule is NCCC=Cc1ccc(Br)c(C(F)(F)F)c1. The second-order valence-electron chi connectivity index (χ2n) is 3.22. The van der Waals surface area contributed by atoms with Gasteiger partial charge in [0.2, 0.25) is 0 Å². The van der Waals surface area contributed by atoms with E-state index in [4.69, 9.17) is 5.73 Å². The molecule has 1 rings (SSSR count). The average Bonchev–Trinajstić information content (AvgIpc) is 2.19. The Labute approximate surface area is 100 Å². The summed E-state index contributed by atoms with van der Waals surface area (Å²) >= 11 is 2.88. The molecule has 0 atom stereocenters. The van der Waals surface area contributed by atoms with Crippen LogP contribution in [0, 0.1) is 0 Å². The van der Waals surface area contributed by atoms with Crippen molar-refractivity contribution in [3.63, 3.8) is 0 Å². The first-order valence-corrected chi connectivity index (χ1v) is 5.48. The monoisotopic (exact) mass is 293 g/mol. The second-order valence-corrected chi connectivity index (χ2v) is 4.07. The zero-order valence-electron chi connectivity index (χ0n) is 8.39. The lowest BCUT2D eigenvalue weighted by Crippen LogP contribution is -2.06. The predicted octanol–water partition coefficient (Wildman–Crippen LogP) is 3.83. The summed E-state index contributed by atoms with van der Waals surface area (Å²) in [7, 11) is 0. The Hall–Kier alpha value is -0.810. The van der Waals surface area contributed by atoms with E-state index in [-0.39, 0.29) is 4.47 Å². The largest absolute Gasteiger partial charge is 0.417 e. The molecule has 0 aliphatic rings. The molecule has 0 spiro atoms. The molecule has 0 heterocycles. The lowest BCUT2D eigenvalue weighted by molar-refractivity contribution is -0.138. The molecule has 2 N–H and O–H groups in total. The zero-order valence-corrected chi connectivity index (χ0v) is 9.98. The van der Waals surface area contributed by atoms with Crippen molar-refractivity contribution in [1.29, 1.82) is 0 Å². The van der Waals surface area contributed by atoms with Gasteiger partial charge in [0.15, 0.2) is 0 Å². The quantitative estimate of drug-likeness (QED) is 0.900. The van der Waals surface area contributed by atoms with E-state index in [0.717, 1.165) is 6.07 Å². The van der Waals surface area contributed by atoms with Crippen molar-refractivity contribution in [2.45, 2.75) is 12.6 Å². The Kier molecular flexibility index (Phi) is 4.56. The van der Waals surface area contributed by atoms with Gasteiger partial charge in [-0.2, -0.15) is 13.2 Å². The first-order chi connectivity index (χ1) is 7.45. The van der Waals surface area contributed by atoms with Gasteiger partial charge in [-0.05, 0) is 30.7 Å². The van der Waals surface area contributed by atoms with Gasteiger partial charge in [-0.15, -0.1) is 0 Å². The summed E-state index contributed by atoms with van der Waals surface area (Å²) in [6, 6.07) is 4.12. The van der Waals surface area contributed by atoms with Crippen molar-refractivity contribution in [1.82, 2.24) is 0 Å². The van der Waals surface area contributed by atoms with Crippen molar-refractivity contribution in [3.05, 3.63) is 39.9 Å². The highest BCUT2D eigenvalue weighted by Crippen LogP contribution is 2.35. The second kappa shape index (κ2) is 5.50. The van der Waals surface area contributed by atoms with Crippen molar-refractivity contribution in [2.24, 2.45) is 5.73 Å². The summed E-state index contributed by atoms with van der Waals surface area (Å²) in [6.45, 7) is 0.485. The highest BCUT2D eigenvalue weighted by atomic mass is 79.9. The molecule has 1 nitrogen and oxygen atoms in total. The normalized spacial score (nSPS) is 12.3.